The third kappa shape index (κ3) is 3.58. The van der Waals surface area contributed by atoms with Crippen LogP contribution >= 0.6 is 7.52 Å². The monoisotopic (exact) mass is 329 g/mol. The summed E-state index contributed by atoms with van der Waals surface area (Å²) >= 11 is 0. The van der Waals surface area contributed by atoms with Gasteiger partial charge in [-0.05, 0) is 24.0 Å². The number of benzene rings is 2. The van der Waals surface area contributed by atoms with Crippen molar-refractivity contribution >= 4 is 7.52 Å². The van der Waals surface area contributed by atoms with E-state index in [1.54, 1.807) is 0 Å². The van der Waals surface area contributed by atoms with Crippen molar-refractivity contribution in [3.63, 3.8) is 0 Å². The Labute approximate surface area is 138 Å². The Morgan fingerprint density at radius 2 is 1.61 bits per heavy atom. The van der Waals surface area contributed by atoms with Crippen molar-refractivity contribution < 1.29 is 9.09 Å². The van der Waals surface area contributed by atoms with Crippen LogP contribution in [-0.4, -0.2) is 24.0 Å². The zero-order valence-electron chi connectivity index (χ0n) is 13.6. The third-order valence-electron chi connectivity index (χ3n) is 4.25. The molecule has 122 valence electrons. The van der Waals surface area contributed by atoms with E-state index in [4.69, 9.17) is 4.52 Å². The van der Waals surface area contributed by atoms with Crippen LogP contribution in [0.3, 0.4) is 0 Å². The molecule has 0 aromatic heterocycles. The summed E-state index contributed by atoms with van der Waals surface area (Å²) in [6, 6.07) is 20.6. The Bertz CT molecular complexity index is 614. The Morgan fingerprint density at radius 1 is 1.04 bits per heavy atom. The summed E-state index contributed by atoms with van der Waals surface area (Å²) in [6.45, 7) is 3.48. The lowest BCUT2D eigenvalue weighted by Gasteiger charge is -2.40. The van der Waals surface area contributed by atoms with Crippen LogP contribution < -0.4 is 0 Å². The molecule has 0 radical (unpaired) electrons. The standard InChI is InChI=1S/C19H24NO2P/c1-2-16-23(21)20(14-9-15-22-23)19(17-10-5-3-6-11-17)18-12-7-4-8-13-18/h3-8,10-13,19H,2,9,14-16H2,1H3. The summed E-state index contributed by atoms with van der Waals surface area (Å²) in [5.41, 5.74) is 2.33. The molecule has 4 heteroatoms. The van der Waals surface area contributed by atoms with Gasteiger partial charge in [0, 0.05) is 12.7 Å². The van der Waals surface area contributed by atoms with E-state index in [-0.39, 0.29) is 6.04 Å². The molecule has 1 aliphatic rings. The molecule has 1 saturated heterocycles. The molecule has 1 unspecified atom stereocenters. The molecule has 3 nitrogen and oxygen atoms in total. The summed E-state index contributed by atoms with van der Waals surface area (Å²) in [5, 5.41) is 0. The van der Waals surface area contributed by atoms with Crippen molar-refractivity contribution in [2.75, 3.05) is 19.3 Å². The fraction of sp³-hybridized carbons (Fsp3) is 0.368. The number of nitrogens with zero attached hydrogens (tertiary/aromatic N) is 1. The lowest BCUT2D eigenvalue weighted by Crippen LogP contribution is -2.34. The van der Waals surface area contributed by atoms with E-state index in [1.165, 1.54) is 11.1 Å². The second-order valence-corrected chi connectivity index (χ2v) is 8.43. The van der Waals surface area contributed by atoms with Crippen LogP contribution in [0.5, 0.6) is 0 Å². The van der Waals surface area contributed by atoms with Gasteiger partial charge in [0.2, 0.25) is 0 Å². The predicted molar refractivity (Wildman–Crippen MR) is 94.8 cm³/mol. The van der Waals surface area contributed by atoms with Crippen molar-refractivity contribution in [3.05, 3.63) is 71.8 Å². The summed E-state index contributed by atoms with van der Waals surface area (Å²) in [7, 11) is -2.78. The molecule has 0 aliphatic carbocycles. The van der Waals surface area contributed by atoms with Crippen LogP contribution in [-0.2, 0) is 9.09 Å². The Balaban J connectivity index is 2.06. The van der Waals surface area contributed by atoms with Crippen molar-refractivity contribution in [1.82, 2.24) is 4.67 Å². The smallest absolute Gasteiger partial charge is 0.273 e. The Morgan fingerprint density at radius 3 is 2.13 bits per heavy atom. The molecule has 2 aromatic carbocycles. The van der Waals surface area contributed by atoms with Gasteiger partial charge in [-0.3, -0.25) is 4.57 Å². The molecule has 23 heavy (non-hydrogen) atoms. The van der Waals surface area contributed by atoms with Gasteiger partial charge in [-0.15, -0.1) is 0 Å². The van der Waals surface area contributed by atoms with Crippen molar-refractivity contribution in [2.24, 2.45) is 0 Å². The van der Waals surface area contributed by atoms with Crippen molar-refractivity contribution in [2.45, 2.75) is 25.8 Å². The maximum absolute atomic E-state index is 13.5. The molecular weight excluding hydrogens is 305 g/mol. The molecule has 0 spiro atoms. The molecule has 0 N–H and O–H groups in total. The van der Waals surface area contributed by atoms with E-state index in [9.17, 15) is 4.57 Å². The summed E-state index contributed by atoms with van der Waals surface area (Å²) in [5.74, 6) is 0. The molecule has 2 aromatic rings. The van der Waals surface area contributed by atoms with Crippen molar-refractivity contribution in [3.8, 4) is 0 Å². The maximum Gasteiger partial charge on any atom is 0.273 e. The lowest BCUT2D eigenvalue weighted by molar-refractivity contribution is 0.188. The highest BCUT2D eigenvalue weighted by Gasteiger charge is 2.39. The summed E-state index contributed by atoms with van der Waals surface area (Å²) in [4.78, 5) is 0. The zero-order chi connectivity index (χ0) is 16.1. The SMILES string of the molecule is CCCP1(=O)OCCCN1C(c1ccccc1)c1ccccc1. The van der Waals surface area contributed by atoms with Gasteiger partial charge in [-0.2, -0.15) is 0 Å². The lowest BCUT2D eigenvalue weighted by atomic mass is 9.98. The van der Waals surface area contributed by atoms with E-state index in [1.807, 2.05) is 36.4 Å². The molecule has 1 aliphatic heterocycles. The molecule has 0 bridgehead atoms. The van der Waals surface area contributed by atoms with Gasteiger partial charge in [-0.1, -0.05) is 67.6 Å². The quantitative estimate of drug-likeness (QED) is 0.715. The van der Waals surface area contributed by atoms with Crippen LogP contribution in [0, 0.1) is 0 Å². The Hall–Kier alpha value is -1.41. The second-order valence-electron chi connectivity index (χ2n) is 5.93. The van der Waals surface area contributed by atoms with Crippen LogP contribution in [0.1, 0.15) is 36.9 Å². The summed E-state index contributed by atoms with van der Waals surface area (Å²) in [6.07, 6.45) is 2.40. The minimum atomic E-state index is -2.78. The highest BCUT2D eigenvalue weighted by molar-refractivity contribution is 7.56. The first-order chi connectivity index (χ1) is 11.2. The van der Waals surface area contributed by atoms with E-state index < -0.39 is 7.52 Å². The highest BCUT2D eigenvalue weighted by atomic mass is 31.2. The van der Waals surface area contributed by atoms with Crippen LogP contribution in [0.25, 0.3) is 0 Å². The van der Waals surface area contributed by atoms with Gasteiger partial charge in [-0.25, -0.2) is 4.67 Å². The fourth-order valence-corrected chi connectivity index (χ4v) is 5.83. The van der Waals surface area contributed by atoms with E-state index in [0.717, 1.165) is 19.4 Å². The van der Waals surface area contributed by atoms with Gasteiger partial charge in [0.1, 0.15) is 0 Å². The Kier molecular flexibility index (Phi) is 5.32. The molecule has 1 fully saturated rings. The van der Waals surface area contributed by atoms with Crippen LogP contribution in [0.15, 0.2) is 60.7 Å². The van der Waals surface area contributed by atoms with Gasteiger partial charge < -0.3 is 4.52 Å². The molecular formula is C19H24NO2P. The first-order valence-electron chi connectivity index (χ1n) is 8.35. The molecule has 3 rings (SSSR count). The number of hydrogen-bond acceptors (Lipinski definition) is 2. The predicted octanol–water partition coefficient (Wildman–Crippen LogP) is 5.10. The van der Waals surface area contributed by atoms with Crippen molar-refractivity contribution in [1.29, 1.82) is 0 Å². The number of hydrogen-bond donors (Lipinski definition) is 0. The van der Waals surface area contributed by atoms with Gasteiger partial charge in [0.25, 0.3) is 7.52 Å². The maximum atomic E-state index is 13.5. The summed E-state index contributed by atoms with van der Waals surface area (Å²) < 4.78 is 21.4. The molecule has 1 atom stereocenters. The minimum Gasteiger partial charge on any atom is -0.317 e. The van der Waals surface area contributed by atoms with Crippen LogP contribution in [0.4, 0.5) is 0 Å². The molecule has 0 saturated carbocycles. The van der Waals surface area contributed by atoms with Gasteiger partial charge in [0.05, 0.1) is 12.6 Å². The topological polar surface area (TPSA) is 29.5 Å². The first-order valence-corrected chi connectivity index (χ1v) is 10.1. The van der Waals surface area contributed by atoms with E-state index >= 15 is 0 Å². The number of rotatable bonds is 5. The van der Waals surface area contributed by atoms with Crippen LogP contribution in [0.2, 0.25) is 0 Å². The largest absolute Gasteiger partial charge is 0.317 e. The molecule has 0 amide bonds. The van der Waals surface area contributed by atoms with Gasteiger partial charge in [0.15, 0.2) is 0 Å². The van der Waals surface area contributed by atoms with E-state index in [2.05, 4.69) is 35.9 Å². The average Bonchev–Trinajstić information content (AvgIpc) is 2.59. The fourth-order valence-electron chi connectivity index (χ4n) is 3.25. The minimum absolute atomic E-state index is 0.0184. The van der Waals surface area contributed by atoms with Gasteiger partial charge >= 0.3 is 0 Å². The van der Waals surface area contributed by atoms with E-state index in [0.29, 0.717) is 12.8 Å². The second kappa shape index (κ2) is 7.44. The molecule has 1 heterocycles. The third-order valence-corrected chi connectivity index (χ3v) is 7.06. The highest BCUT2D eigenvalue weighted by Crippen LogP contribution is 2.58. The first kappa shape index (κ1) is 16.4. The zero-order valence-corrected chi connectivity index (χ0v) is 14.5. The normalized spacial score (nSPS) is 22.3. The average molecular weight is 329 g/mol.